The van der Waals surface area contributed by atoms with Gasteiger partial charge in [-0.1, -0.05) is 6.07 Å². The SMILES string of the molecule is COC(=O)c1cc(CNc2cccc(NC(=O)CCl)c2)cc(OC)c1. The summed E-state index contributed by atoms with van der Waals surface area (Å²) in [4.78, 5) is 23.1. The highest BCUT2D eigenvalue weighted by Gasteiger charge is 2.09. The molecule has 6 nitrogen and oxygen atoms in total. The Labute approximate surface area is 151 Å². The second kappa shape index (κ2) is 8.94. The molecule has 1 amide bonds. The fourth-order valence-electron chi connectivity index (χ4n) is 2.22. The number of methoxy groups -OCH3 is 2. The number of amides is 1. The number of hydrogen-bond donors (Lipinski definition) is 2. The third-order valence-corrected chi connectivity index (χ3v) is 3.63. The summed E-state index contributed by atoms with van der Waals surface area (Å²) in [5.41, 5.74) is 2.74. The van der Waals surface area contributed by atoms with Crippen LogP contribution in [0, 0.1) is 0 Å². The number of halogens is 1. The Morgan fingerprint density at radius 3 is 2.52 bits per heavy atom. The van der Waals surface area contributed by atoms with Crippen LogP contribution >= 0.6 is 11.6 Å². The van der Waals surface area contributed by atoms with Gasteiger partial charge in [0.05, 0.1) is 19.8 Å². The van der Waals surface area contributed by atoms with Crippen molar-refractivity contribution in [2.24, 2.45) is 0 Å². The number of anilines is 2. The van der Waals surface area contributed by atoms with Crippen LogP contribution in [-0.2, 0) is 16.1 Å². The fraction of sp³-hybridized carbons (Fsp3) is 0.222. The maximum Gasteiger partial charge on any atom is 0.337 e. The van der Waals surface area contributed by atoms with E-state index in [1.54, 1.807) is 24.3 Å². The number of hydrogen-bond acceptors (Lipinski definition) is 5. The highest BCUT2D eigenvalue weighted by Crippen LogP contribution is 2.20. The standard InChI is InChI=1S/C18H19ClN2O4/c1-24-16-7-12(6-13(8-16)18(23)25-2)11-20-14-4-3-5-15(9-14)21-17(22)10-19/h3-9,20H,10-11H2,1-2H3,(H,21,22). The Kier molecular flexibility index (Phi) is 6.65. The topological polar surface area (TPSA) is 76.7 Å². The van der Waals surface area contributed by atoms with Gasteiger partial charge in [-0.25, -0.2) is 4.79 Å². The van der Waals surface area contributed by atoms with Gasteiger partial charge in [-0.15, -0.1) is 11.6 Å². The molecule has 0 aromatic heterocycles. The van der Waals surface area contributed by atoms with Crippen molar-refractivity contribution in [3.05, 3.63) is 53.6 Å². The predicted octanol–water partition coefficient (Wildman–Crippen LogP) is 3.27. The summed E-state index contributed by atoms with van der Waals surface area (Å²) in [5, 5.41) is 5.92. The second-order valence-electron chi connectivity index (χ2n) is 5.18. The lowest BCUT2D eigenvalue weighted by Gasteiger charge is -2.11. The Bertz CT molecular complexity index is 764. The first kappa shape index (κ1) is 18.6. The van der Waals surface area contributed by atoms with Crippen LogP contribution in [0.1, 0.15) is 15.9 Å². The molecule has 0 aliphatic carbocycles. The van der Waals surface area contributed by atoms with Crippen LogP contribution in [0.15, 0.2) is 42.5 Å². The molecule has 0 atom stereocenters. The maximum absolute atomic E-state index is 11.7. The quantitative estimate of drug-likeness (QED) is 0.584. The molecule has 0 bridgehead atoms. The molecule has 0 saturated heterocycles. The molecule has 2 N–H and O–H groups in total. The molecule has 7 heteroatoms. The monoisotopic (exact) mass is 362 g/mol. The summed E-state index contributed by atoms with van der Waals surface area (Å²) < 4.78 is 9.97. The molecule has 2 aromatic carbocycles. The largest absolute Gasteiger partial charge is 0.497 e. The number of esters is 1. The highest BCUT2D eigenvalue weighted by molar-refractivity contribution is 6.29. The van der Waals surface area contributed by atoms with Gasteiger partial charge < -0.3 is 20.1 Å². The molecular formula is C18H19ClN2O4. The minimum Gasteiger partial charge on any atom is -0.497 e. The average molecular weight is 363 g/mol. The van der Waals surface area contributed by atoms with Gasteiger partial charge in [0.1, 0.15) is 11.6 Å². The molecule has 0 fully saturated rings. The van der Waals surface area contributed by atoms with Gasteiger partial charge in [-0.05, 0) is 42.0 Å². The van der Waals surface area contributed by atoms with Crippen LogP contribution in [0.25, 0.3) is 0 Å². The zero-order chi connectivity index (χ0) is 18.2. The summed E-state index contributed by atoms with van der Waals surface area (Å²) in [6.07, 6.45) is 0. The first-order valence-electron chi connectivity index (χ1n) is 7.51. The maximum atomic E-state index is 11.7. The van der Waals surface area contributed by atoms with Crippen LogP contribution in [0.2, 0.25) is 0 Å². The third-order valence-electron chi connectivity index (χ3n) is 3.39. The van der Waals surface area contributed by atoms with Gasteiger partial charge in [0.2, 0.25) is 5.91 Å². The molecule has 0 aliphatic heterocycles. The number of rotatable bonds is 7. The zero-order valence-corrected chi connectivity index (χ0v) is 14.7. The minimum absolute atomic E-state index is 0.0994. The van der Waals surface area contributed by atoms with Crippen molar-refractivity contribution in [3.63, 3.8) is 0 Å². The molecule has 0 saturated carbocycles. The highest BCUT2D eigenvalue weighted by atomic mass is 35.5. The molecule has 2 rings (SSSR count). The predicted molar refractivity (Wildman–Crippen MR) is 97.5 cm³/mol. The number of nitrogens with one attached hydrogen (secondary N) is 2. The number of carbonyl (C=O) groups is 2. The summed E-state index contributed by atoms with van der Waals surface area (Å²) in [5.74, 6) is -0.222. The number of benzene rings is 2. The van der Waals surface area contributed by atoms with Crippen LogP contribution in [0.5, 0.6) is 5.75 Å². The van der Waals surface area contributed by atoms with Gasteiger partial charge in [0.15, 0.2) is 0 Å². The van der Waals surface area contributed by atoms with E-state index >= 15 is 0 Å². The van der Waals surface area contributed by atoms with Crippen LogP contribution < -0.4 is 15.4 Å². The summed E-state index contributed by atoms with van der Waals surface area (Å²) in [6.45, 7) is 0.466. The Balaban J connectivity index is 2.11. The Hall–Kier alpha value is -2.73. The van der Waals surface area contributed by atoms with E-state index in [1.807, 2.05) is 18.2 Å². The van der Waals surface area contributed by atoms with Crippen molar-refractivity contribution >= 4 is 34.9 Å². The summed E-state index contributed by atoms with van der Waals surface area (Å²) in [7, 11) is 2.87. The number of alkyl halides is 1. The molecule has 25 heavy (non-hydrogen) atoms. The second-order valence-corrected chi connectivity index (χ2v) is 5.44. The minimum atomic E-state index is -0.425. The van der Waals surface area contributed by atoms with Gasteiger partial charge in [-0.3, -0.25) is 4.79 Å². The van der Waals surface area contributed by atoms with E-state index in [-0.39, 0.29) is 11.8 Å². The van der Waals surface area contributed by atoms with E-state index < -0.39 is 5.97 Å². The van der Waals surface area contributed by atoms with Crippen molar-refractivity contribution < 1.29 is 19.1 Å². The fourth-order valence-corrected chi connectivity index (χ4v) is 2.29. The van der Waals surface area contributed by atoms with Crippen LogP contribution in [0.4, 0.5) is 11.4 Å². The van der Waals surface area contributed by atoms with Crippen LogP contribution in [-0.4, -0.2) is 32.0 Å². The van der Waals surface area contributed by atoms with Crippen LogP contribution in [0.3, 0.4) is 0 Å². The van der Waals surface area contributed by atoms with E-state index in [0.717, 1.165) is 11.3 Å². The van der Waals surface area contributed by atoms with E-state index in [0.29, 0.717) is 23.5 Å². The average Bonchev–Trinajstić information content (AvgIpc) is 2.65. The first-order valence-corrected chi connectivity index (χ1v) is 8.05. The molecule has 0 unspecified atom stereocenters. The van der Waals surface area contributed by atoms with E-state index in [4.69, 9.17) is 21.1 Å². The van der Waals surface area contributed by atoms with Gasteiger partial charge in [-0.2, -0.15) is 0 Å². The first-order chi connectivity index (χ1) is 12.0. The molecule has 0 heterocycles. The lowest BCUT2D eigenvalue weighted by atomic mass is 10.1. The van der Waals surface area contributed by atoms with Gasteiger partial charge >= 0.3 is 5.97 Å². The lowest BCUT2D eigenvalue weighted by molar-refractivity contribution is -0.113. The van der Waals surface area contributed by atoms with E-state index in [1.165, 1.54) is 14.2 Å². The van der Waals surface area contributed by atoms with Crippen molar-refractivity contribution in [1.29, 1.82) is 0 Å². The molecule has 132 valence electrons. The van der Waals surface area contributed by atoms with Crippen molar-refractivity contribution in [2.45, 2.75) is 6.54 Å². The van der Waals surface area contributed by atoms with Crippen molar-refractivity contribution in [3.8, 4) is 5.75 Å². The smallest absolute Gasteiger partial charge is 0.337 e. The molecule has 2 aromatic rings. The normalized spacial score (nSPS) is 10.0. The van der Waals surface area contributed by atoms with Crippen molar-refractivity contribution in [1.82, 2.24) is 0 Å². The molecule has 0 radical (unpaired) electrons. The van der Waals surface area contributed by atoms with Gasteiger partial charge in [0.25, 0.3) is 0 Å². The zero-order valence-electron chi connectivity index (χ0n) is 14.0. The third kappa shape index (κ3) is 5.39. The summed E-state index contributed by atoms with van der Waals surface area (Å²) >= 11 is 5.49. The molecule has 0 aliphatic rings. The van der Waals surface area contributed by atoms with Gasteiger partial charge in [0, 0.05) is 17.9 Å². The Morgan fingerprint density at radius 1 is 1.08 bits per heavy atom. The lowest BCUT2D eigenvalue weighted by Crippen LogP contribution is -2.12. The molecular weight excluding hydrogens is 344 g/mol. The molecule has 0 spiro atoms. The van der Waals surface area contributed by atoms with E-state index in [2.05, 4.69) is 10.6 Å². The number of ether oxygens (including phenoxy) is 2. The number of carbonyl (C=O) groups excluding carboxylic acids is 2. The summed E-state index contributed by atoms with van der Waals surface area (Å²) in [6, 6.07) is 12.5. The van der Waals surface area contributed by atoms with Crippen molar-refractivity contribution in [2.75, 3.05) is 30.7 Å². The Morgan fingerprint density at radius 2 is 1.84 bits per heavy atom. The van der Waals surface area contributed by atoms with E-state index in [9.17, 15) is 9.59 Å².